The summed E-state index contributed by atoms with van der Waals surface area (Å²) in [6.07, 6.45) is 5.72. The number of nitrogens with two attached hydrogens (primary N) is 1. The Balaban J connectivity index is 1.53. The molecule has 2 atom stereocenters. The Hall–Kier alpha value is -3.19. The molecule has 3 N–H and O–H groups in total. The molecule has 7 heteroatoms. The monoisotopic (exact) mass is 466 g/mol. The first-order chi connectivity index (χ1) is 16.5. The van der Waals surface area contributed by atoms with Crippen LogP contribution < -0.4 is 11.1 Å². The summed E-state index contributed by atoms with van der Waals surface area (Å²) < 4.78 is 10.7. The molecule has 0 radical (unpaired) electrons. The molecule has 2 aromatic rings. The van der Waals surface area contributed by atoms with Gasteiger partial charge in [0.05, 0.1) is 12.5 Å². The Bertz CT molecular complexity index is 913. The van der Waals surface area contributed by atoms with Gasteiger partial charge < -0.3 is 20.5 Å². The van der Waals surface area contributed by atoms with E-state index >= 15 is 0 Å². The Morgan fingerprint density at radius 3 is 2.00 bits per heavy atom. The molecule has 0 saturated heterocycles. The Kier molecular flexibility index (Phi) is 10.1. The highest BCUT2D eigenvalue weighted by molar-refractivity contribution is 5.90. The third kappa shape index (κ3) is 8.63. The van der Waals surface area contributed by atoms with Crippen molar-refractivity contribution in [1.82, 2.24) is 5.32 Å². The number of rotatable bonds is 11. The number of nitrogens with one attached hydrogen (secondary N) is 1. The molecule has 0 aromatic heterocycles. The summed E-state index contributed by atoms with van der Waals surface area (Å²) in [5, 5.41) is 2.73. The van der Waals surface area contributed by atoms with Crippen LogP contribution in [0.5, 0.6) is 0 Å². The second-order valence-corrected chi connectivity index (χ2v) is 8.85. The van der Waals surface area contributed by atoms with Crippen LogP contribution in [0.15, 0.2) is 60.7 Å². The summed E-state index contributed by atoms with van der Waals surface area (Å²) in [5.74, 6) is -1.27. The maximum Gasteiger partial charge on any atom is 0.328 e. The Morgan fingerprint density at radius 2 is 1.41 bits per heavy atom. The van der Waals surface area contributed by atoms with E-state index in [-0.39, 0.29) is 19.6 Å². The second-order valence-electron chi connectivity index (χ2n) is 8.85. The van der Waals surface area contributed by atoms with Crippen molar-refractivity contribution >= 4 is 17.8 Å². The van der Waals surface area contributed by atoms with Crippen LogP contribution in [-0.4, -0.2) is 29.9 Å². The van der Waals surface area contributed by atoms with Gasteiger partial charge in [0.15, 0.2) is 0 Å². The van der Waals surface area contributed by atoms with E-state index in [0.29, 0.717) is 12.3 Å². The number of benzene rings is 2. The largest absolute Gasteiger partial charge is 0.461 e. The second kappa shape index (κ2) is 13.5. The average Bonchev–Trinajstić information content (AvgIpc) is 2.87. The van der Waals surface area contributed by atoms with Crippen molar-refractivity contribution in [1.29, 1.82) is 0 Å². The number of esters is 2. The number of ether oxygens (including phenoxy) is 2. The molecular weight excluding hydrogens is 432 g/mol. The van der Waals surface area contributed by atoms with E-state index in [1.54, 1.807) is 0 Å². The van der Waals surface area contributed by atoms with E-state index in [1.807, 2.05) is 60.7 Å². The van der Waals surface area contributed by atoms with Gasteiger partial charge in [0.2, 0.25) is 5.91 Å². The van der Waals surface area contributed by atoms with E-state index in [9.17, 15) is 14.4 Å². The Morgan fingerprint density at radius 1 is 0.853 bits per heavy atom. The first-order valence-electron chi connectivity index (χ1n) is 12.0. The zero-order valence-electron chi connectivity index (χ0n) is 19.5. The van der Waals surface area contributed by atoms with Gasteiger partial charge in [0.25, 0.3) is 0 Å². The van der Waals surface area contributed by atoms with E-state index in [2.05, 4.69) is 5.32 Å². The van der Waals surface area contributed by atoms with Gasteiger partial charge >= 0.3 is 11.9 Å². The standard InChI is InChI=1S/C27H34N2O5/c28-23(17-25(30)33-18-21-12-6-2-7-13-21)26(31)29-24(16-20-10-4-1-5-11-20)27(32)34-19-22-14-8-3-9-15-22/h2-3,6-9,12-15,20,23-24H,1,4-5,10-11,16-19,28H2,(H,29,31)/t23-,24-/m0/s1. The lowest BCUT2D eigenvalue weighted by molar-refractivity contribution is -0.150. The van der Waals surface area contributed by atoms with Gasteiger partial charge in [-0.05, 0) is 23.5 Å². The van der Waals surface area contributed by atoms with Gasteiger partial charge in [-0.3, -0.25) is 9.59 Å². The van der Waals surface area contributed by atoms with Crippen molar-refractivity contribution in [2.45, 2.75) is 70.2 Å². The first kappa shape index (κ1) is 25.4. The van der Waals surface area contributed by atoms with Crippen LogP contribution in [0.25, 0.3) is 0 Å². The fourth-order valence-electron chi connectivity index (χ4n) is 4.15. The number of carbonyl (C=O) groups is 3. The summed E-state index contributed by atoms with van der Waals surface area (Å²) in [6, 6.07) is 16.7. The van der Waals surface area contributed by atoms with Crippen LogP contribution in [0.4, 0.5) is 0 Å². The third-order valence-electron chi connectivity index (χ3n) is 6.08. The van der Waals surface area contributed by atoms with Crippen molar-refractivity contribution < 1.29 is 23.9 Å². The molecule has 2 aromatic carbocycles. The number of carbonyl (C=O) groups excluding carboxylic acids is 3. The van der Waals surface area contributed by atoms with Gasteiger partial charge in [-0.2, -0.15) is 0 Å². The third-order valence-corrected chi connectivity index (χ3v) is 6.08. The smallest absolute Gasteiger partial charge is 0.328 e. The fourth-order valence-corrected chi connectivity index (χ4v) is 4.15. The summed E-state index contributed by atoms with van der Waals surface area (Å²) >= 11 is 0. The molecule has 34 heavy (non-hydrogen) atoms. The SMILES string of the molecule is N[C@@H](CC(=O)OCc1ccccc1)C(=O)N[C@@H](CC1CCCCC1)C(=O)OCc1ccccc1. The summed E-state index contributed by atoms with van der Waals surface area (Å²) in [7, 11) is 0. The van der Waals surface area contributed by atoms with Crippen LogP contribution in [0.1, 0.15) is 56.1 Å². The van der Waals surface area contributed by atoms with Crippen molar-refractivity contribution in [3.63, 3.8) is 0 Å². The molecule has 1 fully saturated rings. The minimum absolute atomic E-state index is 0.115. The van der Waals surface area contributed by atoms with Crippen LogP contribution >= 0.6 is 0 Å². The minimum atomic E-state index is -1.11. The van der Waals surface area contributed by atoms with E-state index in [0.717, 1.165) is 36.8 Å². The highest BCUT2D eigenvalue weighted by Crippen LogP contribution is 2.27. The zero-order chi connectivity index (χ0) is 24.2. The molecule has 0 unspecified atom stereocenters. The van der Waals surface area contributed by atoms with E-state index < -0.39 is 29.9 Å². The van der Waals surface area contributed by atoms with Crippen molar-refractivity contribution in [2.75, 3.05) is 0 Å². The van der Waals surface area contributed by atoms with Gasteiger partial charge in [-0.25, -0.2) is 4.79 Å². The first-order valence-corrected chi connectivity index (χ1v) is 12.0. The van der Waals surface area contributed by atoms with Gasteiger partial charge in [0, 0.05) is 0 Å². The molecule has 0 bridgehead atoms. The van der Waals surface area contributed by atoms with Gasteiger partial charge in [0.1, 0.15) is 19.3 Å². The van der Waals surface area contributed by atoms with E-state index in [4.69, 9.17) is 15.2 Å². The minimum Gasteiger partial charge on any atom is -0.461 e. The molecule has 0 heterocycles. The molecule has 0 aliphatic heterocycles. The predicted molar refractivity (Wildman–Crippen MR) is 128 cm³/mol. The lowest BCUT2D eigenvalue weighted by Gasteiger charge is -2.27. The molecule has 1 aliphatic rings. The number of hydrogen-bond donors (Lipinski definition) is 2. The molecule has 1 saturated carbocycles. The summed E-state index contributed by atoms with van der Waals surface area (Å²) in [4.78, 5) is 37.7. The maximum absolute atomic E-state index is 12.9. The maximum atomic E-state index is 12.9. The van der Waals surface area contributed by atoms with Crippen molar-refractivity contribution in [3.8, 4) is 0 Å². The predicted octanol–water partition coefficient (Wildman–Crippen LogP) is 3.65. The van der Waals surface area contributed by atoms with Gasteiger partial charge in [-0.1, -0.05) is 92.8 Å². The van der Waals surface area contributed by atoms with Crippen LogP contribution in [0.3, 0.4) is 0 Å². The molecule has 182 valence electrons. The summed E-state index contributed by atoms with van der Waals surface area (Å²) in [6.45, 7) is 0.249. The fraction of sp³-hybridized carbons (Fsp3) is 0.444. The number of amides is 1. The molecular formula is C27H34N2O5. The lowest BCUT2D eigenvalue weighted by Crippen LogP contribution is -2.50. The van der Waals surface area contributed by atoms with Crippen LogP contribution in [0, 0.1) is 5.92 Å². The molecule has 1 amide bonds. The van der Waals surface area contributed by atoms with Crippen molar-refractivity contribution in [3.05, 3.63) is 71.8 Å². The van der Waals surface area contributed by atoms with Gasteiger partial charge in [-0.15, -0.1) is 0 Å². The molecule has 1 aliphatic carbocycles. The Labute approximate surface area is 201 Å². The van der Waals surface area contributed by atoms with Crippen LogP contribution in [-0.2, 0) is 37.1 Å². The van der Waals surface area contributed by atoms with Crippen molar-refractivity contribution in [2.24, 2.45) is 11.7 Å². The molecule has 3 rings (SSSR count). The number of hydrogen-bond acceptors (Lipinski definition) is 6. The molecule has 7 nitrogen and oxygen atoms in total. The highest BCUT2D eigenvalue weighted by atomic mass is 16.5. The topological polar surface area (TPSA) is 108 Å². The quantitative estimate of drug-likeness (QED) is 0.490. The summed E-state index contributed by atoms with van der Waals surface area (Å²) in [5.41, 5.74) is 7.69. The normalized spacial score (nSPS) is 15.7. The average molecular weight is 467 g/mol. The highest BCUT2D eigenvalue weighted by Gasteiger charge is 2.29. The van der Waals surface area contributed by atoms with Crippen LogP contribution in [0.2, 0.25) is 0 Å². The van der Waals surface area contributed by atoms with E-state index in [1.165, 1.54) is 6.42 Å². The molecule has 0 spiro atoms. The lowest BCUT2D eigenvalue weighted by atomic mass is 9.84. The zero-order valence-corrected chi connectivity index (χ0v) is 19.5.